The molecule has 2 N–H and O–H groups in total. The van der Waals surface area contributed by atoms with Gasteiger partial charge in [-0.3, -0.25) is 0 Å². The predicted octanol–water partition coefficient (Wildman–Crippen LogP) is 3.85. The molecule has 2 aromatic carbocycles. The van der Waals surface area contributed by atoms with Crippen LogP contribution in [0.2, 0.25) is 0 Å². The first-order valence-corrected chi connectivity index (χ1v) is 5.70. The normalized spacial score (nSPS) is 11.7. The first-order valence-electron chi connectivity index (χ1n) is 5.70. The molecule has 2 rings (SSSR count). The third-order valence-corrected chi connectivity index (χ3v) is 2.96. The number of hydrogen-bond donors (Lipinski definition) is 1. The van der Waals surface area contributed by atoms with Crippen LogP contribution in [0.5, 0.6) is 5.75 Å². The summed E-state index contributed by atoms with van der Waals surface area (Å²) in [6.45, 7) is 3.74. The maximum Gasteiger partial charge on any atom is 0.126 e. The van der Waals surface area contributed by atoms with Gasteiger partial charge in [-0.2, -0.15) is 0 Å². The molecule has 0 amide bonds. The Morgan fingerprint density at radius 3 is 2.50 bits per heavy atom. The zero-order valence-corrected chi connectivity index (χ0v) is 11.2. The minimum Gasteiger partial charge on any atom is -0.496 e. The number of nitrogens with two attached hydrogens (primary N) is 1. The van der Waals surface area contributed by atoms with Gasteiger partial charge in [-0.25, -0.2) is 0 Å². The van der Waals surface area contributed by atoms with Crippen molar-refractivity contribution in [3.8, 4) is 5.75 Å². The van der Waals surface area contributed by atoms with Crippen molar-refractivity contribution >= 4 is 23.2 Å². The Labute approximate surface area is 114 Å². The molecule has 0 heterocycles. The Bertz CT molecular complexity index is 539. The smallest absolute Gasteiger partial charge is 0.126 e. The van der Waals surface area contributed by atoms with E-state index in [0.29, 0.717) is 0 Å². The summed E-state index contributed by atoms with van der Waals surface area (Å²) in [5.41, 5.74) is 7.29. The zero-order valence-electron chi connectivity index (χ0n) is 10.4. The lowest BCUT2D eigenvalue weighted by Gasteiger charge is -2.15. The molecule has 3 heteroatoms. The molecule has 1 atom stereocenters. The minimum absolute atomic E-state index is 0. The van der Waals surface area contributed by atoms with Gasteiger partial charge < -0.3 is 10.5 Å². The molecule has 0 spiro atoms. The van der Waals surface area contributed by atoms with Gasteiger partial charge in [0.25, 0.3) is 0 Å². The van der Waals surface area contributed by atoms with Crippen molar-refractivity contribution in [2.45, 2.75) is 12.5 Å². The minimum atomic E-state index is -0.0108. The second kappa shape index (κ2) is 6.43. The molecule has 0 aliphatic carbocycles. The van der Waals surface area contributed by atoms with E-state index in [-0.39, 0.29) is 18.4 Å². The monoisotopic (exact) mass is 263 g/mol. The lowest BCUT2D eigenvalue weighted by Crippen LogP contribution is -2.09. The molecule has 2 aromatic rings. The van der Waals surface area contributed by atoms with E-state index in [1.54, 1.807) is 7.11 Å². The average Bonchev–Trinajstić information content (AvgIpc) is 2.37. The Kier molecular flexibility index (Phi) is 5.20. The number of fused-ring (bicyclic) bond motifs is 1. The summed E-state index contributed by atoms with van der Waals surface area (Å²) in [5.74, 6) is 0.884. The second-order valence-corrected chi connectivity index (χ2v) is 4.03. The largest absolute Gasteiger partial charge is 0.496 e. The van der Waals surface area contributed by atoms with Crippen LogP contribution >= 0.6 is 12.4 Å². The standard InChI is InChI=1S/C15H17NO.ClH/c1-3-6-14(16)12-9-10-15(17-2)13-8-5-4-7-11(12)13;/h3-5,7-10,14H,1,6,16H2,2H3;1H/t14-;/m0./s1. The van der Waals surface area contributed by atoms with Crippen LogP contribution in [-0.4, -0.2) is 7.11 Å². The molecule has 0 fully saturated rings. The van der Waals surface area contributed by atoms with Crippen LogP contribution in [0.15, 0.2) is 49.1 Å². The highest BCUT2D eigenvalue weighted by atomic mass is 35.5. The average molecular weight is 264 g/mol. The van der Waals surface area contributed by atoms with Crippen molar-refractivity contribution < 1.29 is 4.74 Å². The van der Waals surface area contributed by atoms with Crippen molar-refractivity contribution in [2.24, 2.45) is 5.73 Å². The fraction of sp³-hybridized carbons (Fsp3) is 0.200. The van der Waals surface area contributed by atoms with Crippen molar-refractivity contribution in [3.05, 3.63) is 54.6 Å². The van der Waals surface area contributed by atoms with Gasteiger partial charge in [0.2, 0.25) is 0 Å². The molecule has 0 saturated carbocycles. The van der Waals surface area contributed by atoms with Gasteiger partial charge in [-0.15, -0.1) is 19.0 Å². The summed E-state index contributed by atoms with van der Waals surface area (Å²) in [6.07, 6.45) is 2.62. The topological polar surface area (TPSA) is 35.2 Å². The highest BCUT2D eigenvalue weighted by Crippen LogP contribution is 2.31. The summed E-state index contributed by atoms with van der Waals surface area (Å²) in [4.78, 5) is 0. The maximum atomic E-state index is 6.15. The van der Waals surface area contributed by atoms with E-state index >= 15 is 0 Å². The third-order valence-electron chi connectivity index (χ3n) is 2.96. The Morgan fingerprint density at radius 2 is 1.89 bits per heavy atom. The summed E-state index contributed by atoms with van der Waals surface area (Å²) >= 11 is 0. The number of methoxy groups -OCH3 is 1. The molecule has 18 heavy (non-hydrogen) atoms. The van der Waals surface area contributed by atoms with Crippen molar-refractivity contribution in [2.75, 3.05) is 7.11 Å². The summed E-state index contributed by atoms with van der Waals surface area (Å²) in [6, 6.07) is 12.2. The van der Waals surface area contributed by atoms with E-state index in [9.17, 15) is 0 Å². The van der Waals surface area contributed by atoms with Gasteiger partial charge in [-0.1, -0.05) is 36.4 Å². The highest BCUT2D eigenvalue weighted by molar-refractivity contribution is 5.91. The highest BCUT2D eigenvalue weighted by Gasteiger charge is 2.10. The fourth-order valence-corrected chi connectivity index (χ4v) is 2.10. The van der Waals surface area contributed by atoms with Crippen LogP contribution in [0.25, 0.3) is 10.8 Å². The number of hydrogen-bond acceptors (Lipinski definition) is 2. The van der Waals surface area contributed by atoms with E-state index in [1.165, 1.54) is 0 Å². The van der Waals surface area contributed by atoms with E-state index < -0.39 is 0 Å². The van der Waals surface area contributed by atoms with Crippen molar-refractivity contribution in [3.63, 3.8) is 0 Å². The summed E-state index contributed by atoms with van der Waals surface area (Å²) < 4.78 is 5.36. The molecule has 0 saturated heterocycles. The van der Waals surface area contributed by atoms with E-state index in [0.717, 1.165) is 28.5 Å². The molecule has 0 aromatic heterocycles. The number of halogens is 1. The molecule has 0 bridgehead atoms. The predicted molar refractivity (Wildman–Crippen MR) is 79.5 cm³/mol. The molecular formula is C15H18ClNO. The van der Waals surface area contributed by atoms with Crippen LogP contribution in [0, 0.1) is 0 Å². The second-order valence-electron chi connectivity index (χ2n) is 4.03. The quantitative estimate of drug-likeness (QED) is 0.851. The van der Waals surface area contributed by atoms with Crippen LogP contribution in [0.3, 0.4) is 0 Å². The van der Waals surface area contributed by atoms with E-state index in [4.69, 9.17) is 10.5 Å². The Morgan fingerprint density at radius 1 is 1.22 bits per heavy atom. The molecule has 2 nitrogen and oxygen atoms in total. The maximum absolute atomic E-state index is 6.15. The lowest BCUT2D eigenvalue weighted by atomic mass is 9.97. The number of rotatable bonds is 4. The molecular weight excluding hydrogens is 246 g/mol. The number of ether oxygens (including phenoxy) is 1. The van der Waals surface area contributed by atoms with Gasteiger partial charge in [-0.05, 0) is 23.4 Å². The number of benzene rings is 2. The summed E-state index contributed by atoms with van der Waals surface area (Å²) in [5, 5.41) is 2.26. The fourth-order valence-electron chi connectivity index (χ4n) is 2.10. The van der Waals surface area contributed by atoms with Crippen LogP contribution in [-0.2, 0) is 0 Å². The van der Waals surface area contributed by atoms with Crippen molar-refractivity contribution in [1.29, 1.82) is 0 Å². The summed E-state index contributed by atoms with van der Waals surface area (Å²) in [7, 11) is 1.69. The van der Waals surface area contributed by atoms with Crippen molar-refractivity contribution in [1.82, 2.24) is 0 Å². The first kappa shape index (κ1) is 14.6. The van der Waals surface area contributed by atoms with E-state index in [2.05, 4.69) is 18.7 Å². The lowest BCUT2D eigenvalue weighted by molar-refractivity contribution is 0.419. The van der Waals surface area contributed by atoms with Gasteiger partial charge in [0.15, 0.2) is 0 Å². The molecule has 0 radical (unpaired) electrons. The van der Waals surface area contributed by atoms with Gasteiger partial charge in [0.05, 0.1) is 7.11 Å². The Hall–Kier alpha value is -1.51. The van der Waals surface area contributed by atoms with Crippen LogP contribution in [0.4, 0.5) is 0 Å². The van der Waals surface area contributed by atoms with Crippen LogP contribution < -0.4 is 10.5 Å². The van der Waals surface area contributed by atoms with Gasteiger partial charge >= 0.3 is 0 Å². The SMILES string of the molecule is C=CC[C@H](N)c1ccc(OC)c2ccccc12.Cl. The van der Waals surface area contributed by atoms with E-state index in [1.807, 2.05) is 30.3 Å². The van der Waals surface area contributed by atoms with Gasteiger partial charge in [0.1, 0.15) is 5.75 Å². The molecule has 0 aliphatic heterocycles. The third kappa shape index (κ3) is 2.66. The molecule has 96 valence electrons. The zero-order chi connectivity index (χ0) is 12.3. The Balaban J connectivity index is 0.00000162. The molecule has 0 aliphatic rings. The molecule has 0 unspecified atom stereocenters. The first-order chi connectivity index (χ1) is 8.27. The van der Waals surface area contributed by atoms with Gasteiger partial charge in [0, 0.05) is 11.4 Å². The van der Waals surface area contributed by atoms with Crippen LogP contribution in [0.1, 0.15) is 18.0 Å².